The van der Waals surface area contributed by atoms with Crippen LogP contribution in [0.2, 0.25) is 0 Å². The van der Waals surface area contributed by atoms with Crippen molar-refractivity contribution in [2.75, 3.05) is 23.1 Å². The van der Waals surface area contributed by atoms with E-state index in [2.05, 4.69) is 25.9 Å². The van der Waals surface area contributed by atoms with Crippen molar-refractivity contribution in [2.24, 2.45) is 5.92 Å². The fraction of sp³-hybridized carbons (Fsp3) is 0.385. The van der Waals surface area contributed by atoms with Crippen LogP contribution >= 0.6 is 0 Å². The molecule has 0 bridgehead atoms. The van der Waals surface area contributed by atoms with E-state index in [-0.39, 0.29) is 17.8 Å². The molecule has 0 aliphatic carbocycles. The molecule has 2 aromatic carbocycles. The number of fused-ring (bicyclic) bond motifs is 1. The molecule has 0 saturated carbocycles. The number of hydrogen-bond acceptors (Lipinski definition) is 7. The van der Waals surface area contributed by atoms with E-state index in [1.165, 1.54) is 7.11 Å². The minimum atomic E-state index is -0.563. The number of ether oxygens (including phenoxy) is 1. The summed E-state index contributed by atoms with van der Waals surface area (Å²) < 4.78 is 5.02. The topological polar surface area (TPSA) is 105 Å². The van der Waals surface area contributed by atoms with Crippen molar-refractivity contribution in [3.05, 3.63) is 54.1 Å². The number of nitrogens with one attached hydrogen (secondary N) is 3. The molecule has 3 N–H and O–H groups in total. The second kappa shape index (κ2) is 11.4. The van der Waals surface area contributed by atoms with Gasteiger partial charge in [-0.05, 0) is 43.0 Å². The summed E-state index contributed by atoms with van der Waals surface area (Å²) in [5.41, 5.74) is 2.45. The predicted molar refractivity (Wildman–Crippen MR) is 136 cm³/mol. The molecular formula is C26H33N5O3. The number of esters is 1. The molecule has 0 unspecified atom stereocenters. The number of rotatable bonds is 10. The van der Waals surface area contributed by atoms with Gasteiger partial charge in [0.1, 0.15) is 17.9 Å². The molecule has 0 saturated heterocycles. The third-order valence-electron chi connectivity index (χ3n) is 5.99. The molecule has 1 heterocycles. The highest BCUT2D eigenvalue weighted by Gasteiger charge is 2.26. The molecule has 0 fully saturated rings. The standard InChI is InChI=1S/C26H33N5O3/c1-6-16(3)22(25(33)34-5)30-23-18-13-9-11-15-21(18)29-26(31-23)28-19(7-2)24(32)27-20-14-10-8-12-17(20)4/h8-16,19,22H,6-7H2,1-5H3,(H,27,32)(H2,28,29,30,31)/t16-,19+,22+/m1/s1. The molecule has 0 spiro atoms. The van der Waals surface area contributed by atoms with E-state index in [0.29, 0.717) is 23.7 Å². The summed E-state index contributed by atoms with van der Waals surface area (Å²) in [7, 11) is 1.38. The minimum Gasteiger partial charge on any atom is -0.467 e. The van der Waals surface area contributed by atoms with Crippen LogP contribution in [0.25, 0.3) is 10.9 Å². The number of carbonyl (C=O) groups is 2. The molecule has 1 aromatic heterocycles. The largest absolute Gasteiger partial charge is 0.467 e. The third-order valence-corrected chi connectivity index (χ3v) is 5.99. The van der Waals surface area contributed by atoms with Gasteiger partial charge in [0.05, 0.1) is 12.6 Å². The van der Waals surface area contributed by atoms with Crippen LogP contribution in [-0.2, 0) is 14.3 Å². The van der Waals surface area contributed by atoms with Crippen LogP contribution < -0.4 is 16.0 Å². The summed E-state index contributed by atoms with van der Waals surface area (Å²) in [6.45, 7) is 7.88. The van der Waals surface area contributed by atoms with Crippen LogP contribution in [0, 0.1) is 12.8 Å². The Morgan fingerprint density at radius 1 is 0.971 bits per heavy atom. The van der Waals surface area contributed by atoms with Crippen molar-refractivity contribution in [2.45, 2.75) is 52.6 Å². The first-order valence-electron chi connectivity index (χ1n) is 11.6. The number of hydrogen-bond donors (Lipinski definition) is 3. The monoisotopic (exact) mass is 463 g/mol. The third kappa shape index (κ3) is 5.81. The van der Waals surface area contributed by atoms with Gasteiger partial charge < -0.3 is 20.7 Å². The van der Waals surface area contributed by atoms with E-state index in [1.807, 2.05) is 76.2 Å². The Bertz CT molecular complexity index is 1150. The molecular weight excluding hydrogens is 430 g/mol. The van der Waals surface area contributed by atoms with Crippen LogP contribution in [-0.4, -0.2) is 41.0 Å². The van der Waals surface area contributed by atoms with E-state index in [0.717, 1.165) is 23.1 Å². The van der Waals surface area contributed by atoms with E-state index in [9.17, 15) is 9.59 Å². The maximum absolute atomic E-state index is 13.0. The number of benzene rings is 2. The number of aryl methyl sites for hydroxylation is 1. The molecule has 3 atom stereocenters. The van der Waals surface area contributed by atoms with Crippen LogP contribution in [0.3, 0.4) is 0 Å². The van der Waals surface area contributed by atoms with Crippen LogP contribution in [0.5, 0.6) is 0 Å². The molecule has 3 rings (SSSR count). The number of methoxy groups -OCH3 is 1. The normalized spacial score (nSPS) is 13.6. The zero-order valence-corrected chi connectivity index (χ0v) is 20.4. The second-order valence-electron chi connectivity index (χ2n) is 8.35. The van der Waals surface area contributed by atoms with Crippen LogP contribution in [0.4, 0.5) is 17.5 Å². The molecule has 0 radical (unpaired) electrons. The minimum absolute atomic E-state index is 0.0286. The lowest BCUT2D eigenvalue weighted by Crippen LogP contribution is -2.37. The maximum atomic E-state index is 13.0. The molecule has 180 valence electrons. The Morgan fingerprint density at radius 2 is 1.68 bits per heavy atom. The molecule has 0 aliphatic heterocycles. The first kappa shape index (κ1) is 25.0. The number of carbonyl (C=O) groups excluding carboxylic acids is 2. The summed E-state index contributed by atoms with van der Waals surface area (Å²) in [5.74, 6) is 0.324. The first-order chi connectivity index (χ1) is 16.4. The lowest BCUT2D eigenvalue weighted by Gasteiger charge is -2.24. The van der Waals surface area contributed by atoms with Gasteiger partial charge in [-0.25, -0.2) is 9.78 Å². The van der Waals surface area contributed by atoms with Crippen LogP contribution in [0.15, 0.2) is 48.5 Å². The molecule has 34 heavy (non-hydrogen) atoms. The number of aromatic nitrogens is 2. The highest BCUT2D eigenvalue weighted by atomic mass is 16.5. The average Bonchev–Trinajstić information content (AvgIpc) is 2.86. The predicted octanol–water partition coefficient (Wildman–Crippen LogP) is 4.77. The average molecular weight is 464 g/mol. The van der Waals surface area contributed by atoms with Crippen molar-refractivity contribution in [3.8, 4) is 0 Å². The van der Waals surface area contributed by atoms with Gasteiger partial charge in [-0.1, -0.05) is 57.5 Å². The number of nitrogens with zero attached hydrogens (tertiary/aromatic N) is 2. The zero-order valence-electron chi connectivity index (χ0n) is 20.4. The SMILES string of the molecule is CC[C@H](Nc1nc(N[C@H](C(=O)OC)[C@H](C)CC)c2ccccc2n1)C(=O)Nc1ccccc1C. The Morgan fingerprint density at radius 3 is 2.35 bits per heavy atom. The van der Waals surface area contributed by atoms with E-state index >= 15 is 0 Å². The van der Waals surface area contributed by atoms with Gasteiger partial charge in [-0.2, -0.15) is 4.98 Å². The molecule has 8 nitrogen and oxygen atoms in total. The quantitative estimate of drug-likeness (QED) is 0.372. The lowest BCUT2D eigenvalue weighted by atomic mass is 9.99. The number of amides is 1. The van der Waals surface area contributed by atoms with Gasteiger partial charge in [0.2, 0.25) is 11.9 Å². The highest BCUT2D eigenvalue weighted by Crippen LogP contribution is 2.25. The van der Waals surface area contributed by atoms with Gasteiger partial charge in [-0.3, -0.25) is 4.79 Å². The van der Waals surface area contributed by atoms with E-state index in [1.54, 1.807) is 0 Å². The summed E-state index contributed by atoms with van der Waals surface area (Å²) in [6.07, 6.45) is 1.33. The first-order valence-corrected chi connectivity index (χ1v) is 11.6. The zero-order chi connectivity index (χ0) is 24.7. The van der Waals surface area contributed by atoms with Gasteiger partial charge in [-0.15, -0.1) is 0 Å². The van der Waals surface area contributed by atoms with Gasteiger partial charge in [0.25, 0.3) is 0 Å². The maximum Gasteiger partial charge on any atom is 0.328 e. The molecule has 8 heteroatoms. The Hall–Kier alpha value is -3.68. The summed E-state index contributed by atoms with van der Waals surface area (Å²) in [4.78, 5) is 34.7. The van der Waals surface area contributed by atoms with E-state index in [4.69, 9.17) is 4.74 Å². The number of para-hydroxylation sites is 2. The van der Waals surface area contributed by atoms with Crippen molar-refractivity contribution in [3.63, 3.8) is 0 Å². The van der Waals surface area contributed by atoms with Crippen LogP contribution in [0.1, 0.15) is 39.2 Å². The molecule has 0 aliphatic rings. The van der Waals surface area contributed by atoms with Gasteiger partial charge in [0.15, 0.2) is 0 Å². The molecule has 1 amide bonds. The smallest absolute Gasteiger partial charge is 0.328 e. The Balaban J connectivity index is 1.91. The molecule has 3 aromatic rings. The summed E-state index contributed by atoms with van der Waals surface area (Å²) >= 11 is 0. The fourth-order valence-corrected chi connectivity index (χ4v) is 3.64. The van der Waals surface area contributed by atoms with Gasteiger partial charge >= 0.3 is 5.97 Å². The van der Waals surface area contributed by atoms with Crippen molar-refractivity contribution < 1.29 is 14.3 Å². The summed E-state index contributed by atoms with van der Waals surface area (Å²) in [6, 6.07) is 14.1. The lowest BCUT2D eigenvalue weighted by molar-refractivity contribution is -0.142. The van der Waals surface area contributed by atoms with Crippen molar-refractivity contribution in [1.82, 2.24) is 9.97 Å². The van der Waals surface area contributed by atoms with E-state index < -0.39 is 12.1 Å². The summed E-state index contributed by atoms with van der Waals surface area (Å²) in [5, 5.41) is 10.2. The highest BCUT2D eigenvalue weighted by molar-refractivity contribution is 5.97. The fourth-order valence-electron chi connectivity index (χ4n) is 3.64. The van der Waals surface area contributed by atoms with Crippen molar-refractivity contribution >= 4 is 40.2 Å². The Kier molecular flexibility index (Phi) is 8.40. The Labute approximate surface area is 200 Å². The second-order valence-corrected chi connectivity index (χ2v) is 8.35. The van der Waals surface area contributed by atoms with Gasteiger partial charge in [0, 0.05) is 11.1 Å². The van der Waals surface area contributed by atoms with Crippen molar-refractivity contribution in [1.29, 1.82) is 0 Å². The number of anilines is 3.